The number of hydrogen-bond donors (Lipinski definition) is 2. The van der Waals surface area contributed by atoms with Crippen molar-refractivity contribution in [3.63, 3.8) is 0 Å². The molecule has 86 valence electrons. The Morgan fingerprint density at radius 3 is 2.75 bits per heavy atom. The first kappa shape index (κ1) is 10.7. The number of nitro groups is 1. The maximum atomic E-state index is 10.7. The van der Waals surface area contributed by atoms with E-state index in [1.54, 1.807) is 6.07 Å². The van der Waals surface area contributed by atoms with Crippen LogP contribution < -0.4 is 11.1 Å². The normalized spacial score (nSPS) is 16.8. The Bertz CT molecular complexity index is 416. The van der Waals surface area contributed by atoms with Crippen molar-refractivity contribution >= 4 is 17.1 Å². The van der Waals surface area contributed by atoms with E-state index in [1.165, 1.54) is 25.0 Å². The third-order valence-corrected chi connectivity index (χ3v) is 2.87. The zero-order valence-corrected chi connectivity index (χ0v) is 9.14. The monoisotopic (exact) mass is 221 g/mol. The fraction of sp³-hybridized carbons (Fsp3) is 0.455. The summed E-state index contributed by atoms with van der Waals surface area (Å²) in [5.74, 6) is 0.695. The number of nitrogens with two attached hydrogens (primary N) is 1. The van der Waals surface area contributed by atoms with Crippen LogP contribution >= 0.6 is 0 Å². The van der Waals surface area contributed by atoms with Crippen LogP contribution in [0.2, 0.25) is 0 Å². The molecule has 3 N–H and O–H groups in total. The molecule has 1 atom stereocenters. The average molecular weight is 221 g/mol. The molecule has 16 heavy (non-hydrogen) atoms. The number of non-ortho nitro benzene ring substituents is 1. The number of nitrogens with zero attached hydrogens (tertiary/aromatic N) is 1. The molecule has 0 amide bonds. The summed E-state index contributed by atoms with van der Waals surface area (Å²) in [5.41, 5.74) is 6.80. The summed E-state index contributed by atoms with van der Waals surface area (Å²) in [6.07, 6.45) is 2.47. The number of rotatable bonds is 4. The summed E-state index contributed by atoms with van der Waals surface area (Å²) in [6.45, 7) is 2.09. The van der Waals surface area contributed by atoms with Gasteiger partial charge in [-0.05, 0) is 31.7 Å². The summed E-state index contributed by atoms with van der Waals surface area (Å²) in [6, 6.07) is 4.97. The smallest absolute Gasteiger partial charge is 0.273 e. The van der Waals surface area contributed by atoms with Crippen molar-refractivity contribution in [3.05, 3.63) is 28.3 Å². The number of anilines is 2. The van der Waals surface area contributed by atoms with Crippen molar-refractivity contribution in [2.75, 3.05) is 11.1 Å². The first-order chi connectivity index (χ1) is 7.56. The first-order valence-corrected chi connectivity index (χ1v) is 5.38. The van der Waals surface area contributed by atoms with Crippen LogP contribution in [0.5, 0.6) is 0 Å². The van der Waals surface area contributed by atoms with Gasteiger partial charge in [0, 0.05) is 29.5 Å². The zero-order valence-electron chi connectivity index (χ0n) is 9.14. The van der Waals surface area contributed by atoms with Gasteiger partial charge < -0.3 is 11.1 Å². The Hall–Kier alpha value is -1.78. The highest BCUT2D eigenvalue weighted by atomic mass is 16.6. The van der Waals surface area contributed by atoms with Crippen molar-refractivity contribution < 1.29 is 4.92 Å². The maximum Gasteiger partial charge on any atom is 0.273 e. The van der Waals surface area contributed by atoms with Crippen molar-refractivity contribution in [2.45, 2.75) is 25.8 Å². The number of nitrogens with one attached hydrogen (secondary N) is 1. The number of benzene rings is 1. The Balaban J connectivity index is 2.16. The summed E-state index contributed by atoms with van der Waals surface area (Å²) in [7, 11) is 0. The average Bonchev–Trinajstić information content (AvgIpc) is 2.99. The molecule has 0 aliphatic heterocycles. The Kier molecular flexibility index (Phi) is 2.68. The molecule has 1 saturated carbocycles. The van der Waals surface area contributed by atoms with Crippen molar-refractivity contribution in [1.82, 2.24) is 0 Å². The fourth-order valence-corrected chi connectivity index (χ4v) is 1.80. The van der Waals surface area contributed by atoms with Crippen molar-refractivity contribution in [1.29, 1.82) is 0 Å². The van der Waals surface area contributed by atoms with Gasteiger partial charge in [0.1, 0.15) is 0 Å². The van der Waals surface area contributed by atoms with E-state index in [4.69, 9.17) is 5.73 Å². The first-order valence-electron chi connectivity index (χ1n) is 5.38. The second kappa shape index (κ2) is 4.00. The molecule has 0 radical (unpaired) electrons. The fourth-order valence-electron chi connectivity index (χ4n) is 1.80. The van der Waals surface area contributed by atoms with E-state index in [0.29, 0.717) is 17.6 Å². The van der Waals surface area contributed by atoms with Crippen LogP contribution in [0.1, 0.15) is 19.8 Å². The minimum absolute atomic E-state index is 0.0329. The lowest BCUT2D eigenvalue weighted by atomic mass is 10.2. The van der Waals surface area contributed by atoms with Crippen LogP contribution in [-0.2, 0) is 0 Å². The summed E-state index contributed by atoms with van der Waals surface area (Å²) >= 11 is 0. The highest BCUT2D eigenvalue weighted by Crippen LogP contribution is 2.34. The summed E-state index contributed by atoms with van der Waals surface area (Å²) in [4.78, 5) is 10.2. The van der Waals surface area contributed by atoms with Crippen LogP contribution in [0.3, 0.4) is 0 Å². The van der Waals surface area contributed by atoms with E-state index in [9.17, 15) is 10.1 Å². The molecule has 0 bridgehead atoms. The molecular formula is C11H15N3O2. The molecule has 2 rings (SSSR count). The Morgan fingerprint density at radius 2 is 2.19 bits per heavy atom. The number of nitro benzene ring substituents is 1. The zero-order chi connectivity index (χ0) is 11.7. The molecule has 5 nitrogen and oxygen atoms in total. The summed E-state index contributed by atoms with van der Waals surface area (Å²) < 4.78 is 0. The SMILES string of the molecule is CC(Nc1cc(N)cc([N+](=O)[O-])c1)C1CC1. The van der Waals surface area contributed by atoms with Gasteiger partial charge in [-0.3, -0.25) is 10.1 Å². The van der Waals surface area contributed by atoms with Gasteiger partial charge in [0.05, 0.1) is 4.92 Å². The van der Waals surface area contributed by atoms with E-state index in [-0.39, 0.29) is 5.69 Å². The lowest BCUT2D eigenvalue weighted by Gasteiger charge is -2.14. The van der Waals surface area contributed by atoms with Gasteiger partial charge in [-0.2, -0.15) is 0 Å². The van der Waals surface area contributed by atoms with Crippen LogP contribution in [0.4, 0.5) is 17.1 Å². The third-order valence-electron chi connectivity index (χ3n) is 2.87. The number of hydrogen-bond acceptors (Lipinski definition) is 4. The van der Waals surface area contributed by atoms with Gasteiger partial charge >= 0.3 is 0 Å². The molecule has 0 heterocycles. The largest absolute Gasteiger partial charge is 0.398 e. The molecular weight excluding hydrogens is 206 g/mol. The topological polar surface area (TPSA) is 81.2 Å². The van der Waals surface area contributed by atoms with E-state index in [1.807, 2.05) is 0 Å². The van der Waals surface area contributed by atoms with E-state index < -0.39 is 4.92 Å². The van der Waals surface area contributed by atoms with Crippen LogP contribution in [0.15, 0.2) is 18.2 Å². The molecule has 1 unspecified atom stereocenters. The predicted octanol–water partition coefficient (Wildman–Crippen LogP) is 2.39. The van der Waals surface area contributed by atoms with Gasteiger partial charge in [-0.1, -0.05) is 0 Å². The lowest BCUT2D eigenvalue weighted by Crippen LogP contribution is -2.17. The molecule has 0 aromatic heterocycles. The molecule has 5 heteroatoms. The van der Waals surface area contributed by atoms with Crippen molar-refractivity contribution in [3.8, 4) is 0 Å². The van der Waals surface area contributed by atoms with Crippen LogP contribution in [-0.4, -0.2) is 11.0 Å². The molecule has 1 fully saturated rings. The van der Waals surface area contributed by atoms with Crippen molar-refractivity contribution in [2.24, 2.45) is 5.92 Å². The third kappa shape index (κ3) is 2.42. The number of nitrogen functional groups attached to an aromatic ring is 1. The second-order valence-corrected chi connectivity index (χ2v) is 4.34. The summed E-state index contributed by atoms with van der Waals surface area (Å²) in [5, 5.41) is 13.9. The minimum Gasteiger partial charge on any atom is -0.398 e. The van der Waals surface area contributed by atoms with Crippen LogP contribution in [0.25, 0.3) is 0 Å². The molecule has 1 aliphatic rings. The highest BCUT2D eigenvalue weighted by molar-refractivity contribution is 5.61. The predicted molar refractivity (Wildman–Crippen MR) is 63.3 cm³/mol. The molecule has 1 aromatic rings. The van der Waals surface area contributed by atoms with Gasteiger partial charge in [0.25, 0.3) is 5.69 Å². The molecule has 0 saturated heterocycles. The molecule has 1 aromatic carbocycles. The quantitative estimate of drug-likeness (QED) is 0.464. The minimum atomic E-state index is -0.427. The van der Waals surface area contributed by atoms with Gasteiger partial charge in [0.2, 0.25) is 0 Å². The van der Waals surface area contributed by atoms with E-state index >= 15 is 0 Å². The molecule has 0 spiro atoms. The standard InChI is InChI=1S/C11H15N3O2/c1-7(8-2-3-8)13-10-4-9(12)5-11(6-10)14(15)16/h4-8,13H,2-3,12H2,1H3. The van der Waals surface area contributed by atoms with Gasteiger partial charge in [-0.25, -0.2) is 0 Å². The Morgan fingerprint density at radius 1 is 1.50 bits per heavy atom. The van der Waals surface area contributed by atoms with E-state index in [2.05, 4.69) is 12.2 Å². The second-order valence-electron chi connectivity index (χ2n) is 4.34. The van der Waals surface area contributed by atoms with Gasteiger partial charge in [0.15, 0.2) is 0 Å². The lowest BCUT2D eigenvalue weighted by molar-refractivity contribution is -0.384. The molecule has 1 aliphatic carbocycles. The highest BCUT2D eigenvalue weighted by Gasteiger charge is 2.28. The maximum absolute atomic E-state index is 10.7. The van der Waals surface area contributed by atoms with E-state index in [0.717, 1.165) is 5.69 Å². The van der Waals surface area contributed by atoms with Gasteiger partial charge in [-0.15, -0.1) is 0 Å². The Labute approximate surface area is 93.8 Å². The van der Waals surface area contributed by atoms with Crippen LogP contribution in [0, 0.1) is 16.0 Å².